The summed E-state index contributed by atoms with van der Waals surface area (Å²) in [6, 6.07) is 9.73. The van der Waals surface area contributed by atoms with E-state index < -0.39 is 78.2 Å². The lowest BCUT2D eigenvalue weighted by molar-refractivity contribution is -0.200. The standard InChI is InChI=1S/C41H45ClN6O13/c1-10-40(60-24(5)50)28(21-57-41(35(52)55-11-2,36(53)56-12-3)20-25-15-17-26(18-16-25)27-14-13-19-43-33(27)51)59-34(30(40)58-23(4)49)48-22-44-29-31(45-37(42)46-32(29)48)47(9)38(54)61-39(6,7)8/h1,13-19,22,28,30,34H,11-12,20-21H2,2-9H3,(H,43,51)/t28-,30+,34-,40-/m1/s1. The second-order valence-electron chi connectivity index (χ2n) is 14.6. The van der Waals surface area contributed by atoms with Crippen molar-refractivity contribution in [3.63, 3.8) is 0 Å². The van der Waals surface area contributed by atoms with Gasteiger partial charge in [-0.2, -0.15) is 9.97 Å². The average molecular weight is 865 g/mol. The highest BCUT2D eigenvalue weighted by molar-refractivity contribution is 6.28. The molecule has 20 heteroatoms. The van der Waals surface area contributed by atoms with Gasteiger partial charge >= 0.3 is 30.0 Å². The number of fused-ring (bicyclic) bond motifs is 1. The number of carbonyl (C=O) groups excluding carboxylic acids is 5. The molecule has 4 heterocycles. The Balaban J connectivity index is 1.61. The van der Waals surface area contributed by atoms with Crippen LogP contribution in [-0.2, 0) is 58.8 Å². The van der Waals surface area contributed by atoms with Crippen molar-refractivity contribution in [2.45, 2.75) is 90.1 Å². The van der Waals surface area contributed by atoms with Crippen molar-refractivity contribution in [2.75, 3.05) is 31.8 Å². The van der Waals surface area contributed by atoms with Crippen LogP contribution in [0.5, 0.6) is 0 Å². The summed E-state index contributed by atoms with van der Waals surface area (Å²) in [6.07, 6.45) is 2.81. The number of aromatic nitrogens is 5. The van der Waals surface area contributed by atoms with E-state index in [4.69, 9.17) is 51.2 Å². The summed E-state index contributed by atoms with van der Waals surface area (Å²) >= 11 is 6.37. The summed E-state index contributed by atoms with van der Waals surface area (Å²) in [5.74, 6) is -1.72. The third kappa shape index (κ3) is 9.67. The van der Waals surface area contributed by atoms with Crippen LogP contribution in [-0.4, -0.2) is 110 Å². The van der Waals surface area contributed by atoms with Crippen molar-refractivity contribution in [1.82, 2.24) is 24.5 Å². The first-order valence-electron chi connectivity index (χ1n) is 18.9. The molecule has 0 bridgehead atoms. The number of esters is 4. The molecule has 4 atom stereocenters. The van der Waals surface area contributed by atoms with Gasteiger partial charge in [-0.1, -0.05) is 30.2 Å². The lowest BCUT2D eigenvalue weighted by Crippen LogP contribution is -2.57. The molecular weight excluding hydrogens is 820 g/mol. The molecule has 1 fully saturated rings. The summed E-state index contributed by atoms with van der Waals surface area (Å²) in [7, 11) is 1.38. The van der Waals surface area contributed by atoms with Crippen molar-refractivity contribution in [3.8, 4) is 23.5 Å². The maximum absolute atomic E-state index is 14.0. The quantitative estimate of drug-likeness (QED) is 0.0619. The van der Waals surface area contributed by atoms with Crippen LogP contribution in [0.3, 0.4) is 0 Å². The van der Waals surface area contributed by atoms with E-state index in [1.807, 2.05) is 0 Å². The van der Waals surface area contributed by atoms with E-state index in [0.717, 1.165) is 18.7 Å². The average Bonchev–Trinajstić information content (AvgIpc) is 3.73. The molecule has 0 radical (unpaired) electrons. The number of nitrogens with zero attached hydrogens (tertiary/aromatic N) is 5. The lowest BCUT2D eigenvalue weighted by Gasteiger charge is -2.35. The fraction of sp³-hybridized carbons (Fsp3) is 0.439. The second kappa shape index (κ2) is 18.5. The van der Waals surface area contributed by atoms with Gasteiger partial charge in [-0.25, -0.2) is 19.4 Å². The molecular formula is C41H45ClN6O13. The van der Waals surface area contributed by atoms with Crippen LogP contribution >= 0.6 is 11.6 Å². The number of rotatable bonds is 14. The van der Waals surface area contributed by atoms with E-state index in [2.05, 4.69) is 25.9 Å². The number of pyridine rings is 1. The van der Waals surface area contributed by atoms with Gasteiger partial charge in [-0.15, -0.1) is 6.42 Å². The summed E-state index contributed by atoms with van der Waals surface area (Å²) in [4.78, 5) is 95.6. The molecule has 4 aromatic rings. The number of hydrogen-bond donors (Lipinski definition) is 1. The van der Waals surface area contributed by atoms with Gasteiger partial charge in [0.25, 0.3) is 11.2 Å². The molecule has 1 N–H and O–H groups in total. The first kappa shape index (κ1) is 45.7. The van der Waals surface area contributed by atoms with E-state index in [9.17, 15) is 28.8 Å². The lowest BCUT2D eigenvalue weighted by atomic mass is 9.90. The molecule has 1 aliphatic rings. The van der Waals surface area contributed by atoms with Crippen molar-refractivity contribution in [1.29, 1.82) is 0 Å². The van der Waals surface area contributed by atoms with Gasteiger partial charge in [0, 0.05) is 39.1 Å². The smallest absolute Gasteiger partial charge is 0.415 e. The molecule has 61 heavy (non-hydrogen) atoms. The Morgan fingerprint density at radius 3 is 2.23 bits per heavy atom. The summed E-state index contributed by atoms with van der Waals surface area (Å²) in [6.45, 7) is 9.13. The number of imidazole rings is 1. The minimum atomic E-state index is -2.52. The molecule has 0 unspecified atom stereocenters. The zero-order valence-corrected chi connectivity index (χ0v) is 35.4. The van der Waals surface area contributed by atoms with E-state index in [1.165, 1.54) is 38.0 Å². The number of benzene rings is 1. The fourth-order valence-electron chi connectivity index (χ4n) is 6.56. The Bertz CT molecular complexity index is 2390. The van der Waals surface area contributed by atoms with Gasteiger partial charge in [-0.3, -0.25) is 23.9 Å². The highest BCUT2D eigenvalue weighted by Gasteiger charge is 2.63. The van der Waals surface area contributed by atoms with E-state index in [1.54, 1.807) is 57.2 Å². The molecule has 3 aromatic heterocycles. The third-order valence-corrected chi connectivity index (χ3v) is 9.33. The maximum Gasteiger partial charge on any atom is 0.415 e. The van der Waals surface area contributed by atoms with Gasteiger partial charge in [0.2, 0.25) is 17.0 Å². The number of H-pyrrole nitrogens is 1. The first-order valence-corrected chi connectivity index (χ1v) is 19.3. The molecule has 1 amide bonds. The van der Waals surface area contributed by atoms with Crippen LogP contribution in [0.4, 0.5) is 10.6 Å². The maximum atomic E-state index is 14.0. The second-order valence-corrected chi connectivity index (χ2v) is 15.0. The Labute approximate surface area is 354 Å². The van der Waals surface area contributed by atoms with Crippen LogP contribution < -0.4 is 10.5 Å². The number of halogens is 1. The molecule has 19 nitrogen and oxygen atoms in total. The molecule has 1 saturated heterocycles. The molecule has 1 aliphatic heterocycles. The highest BCUT2D eigenvalue weighted by Crippen LogP contribution is 2.44. The molecule has 0 spiro atoms. The van der Waals surface area contributed by atoms with Crippen molar-refractivity contribution < 1.29 is 57.1 Å². The van der Waals surface area contributed by atoms with Crippen molar-refractivity contribution >= 4 is 58.6 Å². The van der Waals surface area contributed by atoms with Gasteiger partial charge in [-0.05, 0) is 69.5 Å². The summed E-state index contributed by atoms with van der Waals surface area (Å²) in [5, 5.41) is -0.331. The minimum Gasteiger partial charge on any atom is -0.463 e. The molecule has 0 saturated carbocycles. The van der Waals surface area contributed by atoms with Crippen LogP contribution in [0.25, 0.3) is 22.3 Å². The number of terminal acetylenes is 1. The fourth-order valence-corrected chi connectivity index (χ4v) is 6.72. The van der Waals surface area contributed by atoms with Crippen LogP contribution in [0.1, 0.15) is 60.3 Å². The van der Waals surface area contributed by atoms with E-state index in [0.29, 0.717) is 16.7 Å². The topological polar surface area (TPSA) is 230 Å². The van der Waals surface area contributed by atoms with E-state index >= 15 is 0 Å². The summed E-state index contributed by atoms with van der Waals surface area (Å²) in [5.41, 5.74) is -4.72. The number of hydrogen-bond acceptors (Lipinski definition) is 16. The molecule has 5 rings (SSSR count). The highest BCUT2D eigenvalue weighted by atomic mass is 35.5. The Hall–Kier alpha value is -6.36. The SMILES string of the molecule is C#C[C@@]1(OC(C)=O)[C@@H](COC(Cc2ccc(-c3ccc[nH]c3=O)cc2)(C(=O)OCC)C(=O)OCC)O[C@@H](n2cnc3c(N(C)C(=O)OC(C)(C)C)nc(Cl)nc32)[C@@H]1OC(C)=O. The normalized spacial score (nSPS) is 18.8. The van der Waals surface area contributed by atoms with Crippen LogP contribution in [0, 0.1) is 12.3 Å². The summed E-state index contributed by atoms with van der Waals surface area (Å²) < 4.78 is 41.7. The number of ether oxygens (including phenoxy) is 7. The number of amides is 1. The van der Waals surface area contributed by atoms with Gasteiger partial charge < -0.3 is 38.1 Å². The number of aromatic amines is 1. The van der Waals surface area contributed by atoms with Gasteiger partial charge in [0.15, 0.2) is 23.2 Å². The number of anilines is 1. The van der Waals surface area contributed by atoms with Crippen LogP contribution in [0.2, 0.25) is 5.28 Å². The van der Waals surface area contributed by atoms with Gasteiger partial charge in [0.1, 0.15) is 11.7 Å². The predicted molar refractivity (Wildman–Crippen MR) is 216 cm³/mol. The molecule has 324 valence electrons. The Morgan fingerprint density at radius 2 is 1.67 bits per heavy atom. The van der Waals surface area contributed by atoms with Gasteiger partial charge in [0.05, 0.1) is 26.1 Å². The number of nitrogens with one attached hydrogen (secondary N) is 1. The minimum absolute atomic E-state index is 0.0213. The predicted octanol–water partition coefficient (Wildman–Crippen LogP) is 4.09. The zero-order valence-electron chi connectivity index (χ0n) is 34.7. The molecule has 0 aliphatic carbocycles. The largest absolute Gasteiger partial charge is 0.463 e. The number of carbonyl (C=O) groups is 5. The third-order valence-electron chi connectivity index (χ3n) is 9.16. The Morgan fingerprint density at radius 1 is 1.02 bits per heavy atom. The Kier molecular flexibility index (Phi) is 13.9. The molecule has 1 aromatic carbocycles. The zero-order chi connectivity index (χ0) is 44.9. The van der Waals surface area contributed by atoms with E-state index in [-0.39, 0.29) is 41.0 Å². The first-order chi connectivity index (χ1) is 28.8. The monoisotopic (exact) mass is 864 g/mol. The van der Waals surface area contributed by atoms with Crippen molar-refractivity contribution in [3.05, 3.63) is 70.1 Å². The van der Waals surface area contributed by atoms with Crippen molar-refractivity contribution in [2.24, 2.45) is 0 Å². The van der Waals surface area contributed by atoms with Crippen LogP contribution in [0.15, 0.2) is 53.7 Å².